The molecule has 2 aliphatic heterocycles. The molecule has 1 unspecified atom stereocenters. The summed E-state index contributed by atoms with van der Waals surface area (Å²) >= 11 is 2.87. The molecular weight excluding hydrogens is 412 g/mol. The number of rotatable bonds is 2. The first kappa shape index (κ1) is 21.5. The molecule has 0 saturated heterocycles. The van der Waals surface area contributed by atoms with Crippen LogP contribution in [0.5, 0.6) is 0 Å². The second-order valence-electron chi connectivity index (χ2n) is 7.49. The van der Waals surface area contributed by atoms with E-state index in [4.69, 9.17) is 4.74 Å². The number of aromatic nitrogens is 1. The summed E-state index contributed by atoms with van der Waals surface area (Å²) in [5, 5.41) is 8.85. The van der Waals surface area contributed by atoms with Crippen molar-refractivity contribution in [3.63, 3.8) is 0 Å². The predicted octanol–water partition coefficient (Wildman–Crippen LogP) is 1.65. The third kappa shape index (κ3) is 4.87. The van der Waals surface area contributed by atoms with E-state index in [2.05, 4.69) is 27.2 Å². The van der Waals surface area contributed by atoms with Crippen LogP contribution in [0.4, 0.5) is 0 Å². The first-order valence-electron chi connectivity index (χ1n) is 9.30. The molecule has 8 nitrogen and oxygen atoms in total. The lowest BCUT2D eigenvalue weighted by molar-refractivity contribution is -0.153. The lowest BCUT2D eigenvalue weighted by Gasteiger charge is -2.27. The Hall–Kier alpha value is -2.20. The Morgan fingerprint density at radius 1 is 1.38 bits per heavy atom. The third-order valence-electron chi connectivity index (χ3n) is 4.66. The van der Waals surface area contributed by atoms with Gasteiger partial charge >= 0.3 is 5.97 Å². The number of esters is 1. The van der Waals surface area contributed by atoms with Gasteiger partial charge in [0.15, 0.2) is 0 Å². The smallest absolute Gasteiger partial charge is 0.329 e. The molecule has 3 rings (SSSR count). The van der Waals surface area contributed by atoms with E-state index >= 15 is 0 Å². The van der Waals surface area contributed by atoms with Crippen molar-refractivity contribution in [2.45, 2.75) is 51.4 Å². The summed E-state index contributed by atoms with van der Waals surface area (Å²) in [5.41, 5.74) is -0.308. The number of thiazole rings is 1. The van der Waals surface area contributed by atoms with Crippen molar-refractivity contribution in [3.05, 3.63) is 28.7 Å². The SMILES string of the molecule is C=C[C@@H]1CC(=O)NCc2nc(cs2)C2=N[C@@](C)(CS2)C(=O)NC(C(C)C)C(=O)O1. The first-order valence-corrected chi connectivity index (χ1v) is 11.2. The molecule has 0 spiro atoms. The van der Waals surface area contributed by atoms with E-state index in [-0.39, 0.29) is 30.7 Å². The maximum Gasteiger partial charge on any atom is 0.329 e. The molecule has 3 heterocycles. The first-order chi connectivity index (χ1) is 13.7. The highest BCUT2D eigenvalue weighted by Crippen LogP contribution is 2.32. The number of thioether (sulfide) groups is 1. The topological polar surface area (TPSA) is 110 Å². The molecule has 0 saturated carbocycles. The minimum atomic E-state index is -1.000. The molecule has 2 N–H and O–H groups in total. The van der Waals surface area contributed by atoms with Crippen LogP contribution in [0.2, 0.25) is 0 Å². The van der Waals surface area contributed by atoms with Crippen molar-refractivity contribution in [2.75, 3.05) is 5.75 Å². The highest BCUT2D eigenvalue weighted by molar-refractivity contribution is 8.14. The van der Waals surface area contributed by atoms with Crippen LogP contribution in [0.1, 0.15) is 37.9 Å². The number of aliphatic imine (C=N–C) groups is 1. The number of hydrogen-bond donors (Lipinski definition) is 2. The number of fused-ring (bicyclic) bond motifs is 4. The van der Waals surface area contributed by atoms with Gasteiger partial charge in [0.25, 0.3) is 0 Å². The highest BCUT2D eigenvalue weighted by atomic mass is 32.2. The van der Waals surface area contributed by atoms with Crippen LogP contribution in [0.15, 0.2) is 23.0 Å². The average molecular weight is 437 g/mol. The largest absolute Gasteiger partial charge is 0.456 e. The molecule has 29 heavy (non-hydrogen) atoms. The van der Waals surface area contributed by atoms with Gasteiger partial charge in [-0.25, -0.2) is 9.78 Å². The Kier molecular flexibility index (Phi) is 6.42. The van der Waals surface area contributed by atoms with Gasteiger partial charge in [0.1, 0.15) is 33.4 Å². The van der Waals surface area contributed by atoms with Crippen molar-refractivity contribution in [1.29, 1.82) is 0 Å². The van der Waals surface area contributed by atoms with Crippen LogP contribution >= 0.6 is 23.1 Å². The number of cyclic esters (lactones) is 1. The zero-order valence-electron chi connectivity index (χ0n) is 16.6. The van der Waals surface area contributed by atoms with Crippen molar-refractivity contribution >= 4 is 45.9 Å². The summed E-state index contributed by atoms with van der Waals surface area (Å²) in [5.74, 6) is -0.971. The van der Waals surface area contributed by atoms with Gasteiger partial charge in [-0.3, -0.25) is 14.6 Å². The van der Waals surface area contributed by atoms with Crippen molar-refractivity contribution in [1.82, 2.24) is 15.6 Å². The zero-order chi connectivity index (χ0) is 21.2. The van der Waals surface area contributed by atoms with Crippen LogP contribution in [0, 0.1) is 5.92 Å². The second-order valence-corrected chi connectivity index (χ2v) is 9.40. The van der Waals surface area contributed by atoms with Crippen molar-refractivity contribution in [3.8, 4) is 0 Å². The average Bonchev–Trinajstić information content (AvgIpc) is 3.30. The van der Waals surface area contributed by atoms with Crippen molar-refractivity contribution < 1.29 is 19.1 Å². The molecule has 1 aromatic rings. The van der Waals surface area contributed by atoms with E-state index in [0.29, 0.717) is 16.5 Å². The molecular formula is C19H24N4O4S2. The normalized spacial score (nSPS) is 28.4. The maximum atomic E-state index is 13.0. The number of nitrogens with one attached hydrogen (secondary N) is 2. The summed E-state index contributed by atoms with van der Waals surface area (Å²) in [4.78, 5) is 47.0. The van der Waals surface area contributed by atoms with Gasteiger partial charge in [0, 0.05) is 11.1 Å². The molecule has 0 aromatic carbocycles. The number of hydrogen-bond acceptors (Lipinski definition) is 8. The highest BCUT2D eigenvalue weighted by Gasteiger charge is 2.41. The molecule has 0 radical (unpaired) electrons. The summed E-state index contributed by atoms with van der Waals surface area (Å²) < 4.78 is 5.45. The molecule has 1 aromatic heterocycles. The Bertz CT molecular complexity index is 866. The number of carbonyl (C=O) groups is 3. The van der Waals surface area contributed by atoms with Crippen LogP contribution in [0.3, 0.4) is 0 Å². The summed E-state index contributed by atoms with van der Waals surface area (Å²) in [6.45, 7) is 9.29. The fourth-order valence-electron chi connectivity index (χ4n) is 2.85. The van der Waals surface area contributed by atoms with Crippen LogP contribution in [-0.2, 0) is 25.7 Å². The molecule has 0 fully saturated rings. The van der Waals surface area contributed by atoms with E-state index in [1.807, 2.05) is 19.2 Å². The Balaban J connectivity index is 1.94. The van der Waals surface area contributed by atoms with E-state index in [1.54, 1.807) is 6.92 Å². The predicted molar refractivity (Wildman–Crippen MR) is 113 cm³/mol. The van der Waals surface area contributed by atoms with E-state index in [0.717, 1.165) is 5.01 Å². The van der Waals surface area contributed by atoms with Gasteiger partial charge in [-0.2, -0.15) is 0 Å². The van der Waals surface area contributed by atoms with E-state index in [1.165, 1.54) is 29.2 Å². The van der Waals surface area contributed by atoms with Gasteiger partial charge in [-0.1, -0.05) is 26.5 Å². The number of carbonyl (C=O) groups excluding carboxylic acids is 3. The minimum Gasteiger partial charge on any atom is -0.456 e. The fraction of sp³-hybridized carbons (Fsp3) is 0.526. The van der Waals surface area contributed by atoms with Gasteiger partial charge in [-0.15, -0.1) is 23.1 Å². The number of amides is 2. The Morgan fingerprint density at radius 3 is 2.83 bits per heavy atom. The Labute approximate surface area is 177 Å². The fourth-order valence-corrected chi connectivity index (χ4v) is 4.78. The monoisotopic (exact) mass is 436 g/mol. The van der Waals surface area contributed by atoms with Crippen LogP contribution < -0.4 is 10.6 Å². The van der Waals surface area contributed by atoms with Gasteiger partial charge in [-0.05, 0) is 12.8 Å². The standard InChI is InChI=1S/C19H24N4O4S2/c1-5-11-6-13(24)20-7-14-21-12(8-28-14)16-23-19(4,9-29-16)18(26)22-15(10(2)3)17(25)27-11/h5,8,10-11,15H,1,6-7,9H2,2-4H3,(H,20,24)(H,22,26)/t11-,15?,19+/m1/s1. The van der Waals surface area contributed by atoms with Gasteiger partial charge in [0.2, 0.25) is 11.8 Å². The third-order valence-corrected chi connectivity index (χ3v) is 6.79. The number of nitrogens with zero attached hydrogens (tertiary/aromatic N) is 2. The van der Waals surface area contributed by atoms with Crippen LogP contribution in [0.25, 0.3) is 0 Å². The summed E-state index contributed by atoms with van der Waals surface area (Å²) in [7, 11) is 0. The number of ether oxygens (including phenoxy) is 1. The molecule has 4 bridgehead atoms. The van der Waals surface area contributed by atoms with E-state index in [9.17, 15) is 14.4 Å². The molecule has 2 aliphatic rings. The zero-order valence-corrected chi connectivity index (χ0v) is 18.2. The molecule has 0 aliphatic carbocycles. The lowest BCUT2D eigenvalue weighted by atomic mass is 10.0. The lowest BCUT2D eigenvalue weighted by Crippen LogP contribution is -2.53. The van der Waals surface area contributed by atoms with Crippen LogP contribution in [-0.4, -0.2) is 51.2 Å². The van der Waals surface area contributed by atoms with Gasteiger partial charge in [0.05, 0.1) is 13.0 Å². The minimum absolute atomic E-state index is 0.0491. The van der Waals surface area contributed by atoms with Gasteiger partial charge < -0.3 is 15.4 Å². The summed E-state index contributed by atoms with van der Waals surface area (Å²) in [6.07, 6.45) is 0.571. The molecule has 10 heteroatoms. The van der Waals surface area contributed by atoms with E-state index < -0.39 is 23.7 Å². The summed E-state index contributed by atoms with van der Waals surface area (Å²) in [6, 6.07) is -0.854. The quantitative estimate of drug-likeness (QED) is 0.539. The molecule has 156 valence electrons. The van der Waals surface area contributed by atoms with Crippen molar-refractivity contribution in [2.24, 2.45) is 10.9 Å². The molecule has 2 amide bonds. The second kappa shape index (κ2) is 8.66. The molecule has 3 atom stereocenters. The Morgan fingerprint density at radius 2 is 2.14 bits per heavy atom. The maximum absolute atomic E-state index is 13.0.